The molecule has 0 bridgehead atoms. The Morgan fingerprint density at radius 1 is 1.25 bits per heavy atom. The summed E-state index contributed by atoms with van der Waals surface area (Å²) >= 11 is 0. The fourth-order valence-corrected chi connectivity index (χ4v) is 1.47. The smallest absolute Gasteiger partial charge is 0.410 e. The molecule has 0 atom stereocenters. The zero-order valence-electron chi connectivity index (χ0n) is 13.0. The quantitative estimate of drug-likeness (QED) is 0.519. The lowest BCUT2D eigenvalue weighted by molar-refractivity contribution is 0.0233. The number of hydrogen-bond donors (Lipinski definition) is 1. The monoisotopic (exact) mass is 284 g/mol. The van der Waals surface area contributed by atoms with E-state index in [0.29, 0.717) is 39.3 Å². The standard InChI is InChI=1S/C15H28N2O3/c1-5-6-10-17(14(18)20-15(2,3)4)11-8-13-19-12-7-9-16/h1H,6-13,16H2,2-4H3. The van der Waals surface area contributed by atoms with E-state index in [1.54, 1.807) is 4.90 Å². The number of nitrogens with two attached hydrogens (primary N) is 1. The SMILES string of the molecule is C#CCCN(CCCOCCCN)C(=O)OC(C)(C)C. The van der Waals surface area contributed by atoms with Crippen LogP contribution >= 0.6 is 0 Å². The van der Waals surface area contributed by atoms with Gasteiger partial charge >= 0.3 is 6.09 Å². The summed E-state index contributed by atoms with van der Waals surface area (Å²) in [5.41, 5.74) is 4.88. The van der Waals surface area contributed by atoms with E-state index in [-0.39, 0.29) is 6.09 Å². The first-order chi connectivity index (χ1) is 9.40. The summed E-state index contributed by atoms with van der Waals surface area (Å²) < 4.78 is 10.8. The second-order valence-corrected chi connectivity index (χ2v) is 5.53. The average Bonchev–Trinajstić information content (AvgIpc) is 2.34. The van der Waals surface area contributed by atoms with Crippen LogP contribution in [0, 0.1) is 12.3 Å². The van der Waals surface area contributed by atoms with Crippen molar-refractivity contribution in [2.45, 2.75) is 45.6 Å². The number of carbonyl (C=O) groups excluding carboxylic acids is 1. The Labute approximate surface area is 122 Å². The molecule has 116 valence electrons. The Morgan fingerprint density at radius 3 is 2.45 bits per heavy atom. The lowest BCUT2D eigenvalue weighted by Crippen LogP contribution is -2.38. The molecular formula is C15H28N2O3. The van der Waals surface area contributed by atoms with Crippen LogP contribution in [0.5, 0.6) is 0 Å². The molecule has 0 spiro atoms. The Morgan fingerprint density at radius 2 is 1.90 bits per heavy atom. The van der Waals surface area contributed by atoms with Crippen LogP contribution in [0.2, 0.25) is 0 Å². The van der Waals surface area contributed by atoms with Crippen molar-refractivity contribution in [1.82, 2.24) is 4.90 Å². The van der Waals surface area contributed by atoms with Crippen molar-refractivity contribution in [1.29, 1.82) is 0 Å². The van der Waals surface area contributed by atoms with Gasteiger partial charge in [0.25, 0.3) is 0 Å². The molecule has 0 heterocycles. The van der Waals surface area contributed by atoms with Crippen molar-refractivity contribution in [3.63, 3.8) is 0 Å². The summed E-state index contributed by atoms with van der Waals surface area (Å²) in [5.74, 6) is 2.54. The maximum absolute atomic E-state index is 12.0. The third-order valence-corrected chi connectivity index (χ3v) is 2.39. The average molecular weight is 284 g/mol. The first-order valence-corrected chi connectivity index (χ1v) is 7.10. The molecule has 0 aliphatic rings. The van der Waals surface area contributed by atoms with Crippen LogP contribution in [0.15, 0.2) is 0 Å². The van der Waals surface area contributed by atoms with E-state index in [0.717, 1.165) is 12.8 Å². The van der Waals surface area contributed by atoms with E-state index in [1.165, 1.54) is 0 Å². The second kappa shape index (κ2) is 10.5. The van der Waals surface area contributed by atoms with Crippen molar-refractivity contribution in [2.24, 2.45) is 5.73 Å². The Hall–Kier alpha value is -1.25. The summed E-state index contributed by atoms with van der Waals surface area (Å²) in [5, 5.41) is 0. The van der Waals surface area contributed by atoms with Crippen molar-refractivity contribution in [3.8, 4) is 12.3 Å². The number of terminal acetylenes is 1. The number of rotatable bonds is 9. The zero-order chi connectivity index (χ0) is 15.4. The fourth-order valence-electron chi connectivity index (χ4n) is 1.47. The highest BCUT2D eigenvalue weighted by Crippen LogP contribution is 2.10. The summed E-state index contributed by atoms with van der Waals surface area (Å²) in [4.78, 5) is 13.6. The van der Waals surface area contributed by atoms with Crippen molar-refractivity contribution < 1.29 is 14.3 Å². The number of carbonyl (C=O) groups is 1. The van der Waals surface area contributed by atoms with Gasteiger partial charge in [-0.25, -0.2) is 4.79 Å². The van der Waals surface area contributed by atoms with Crippen molar-refractivity contribution in [3.05, 3.63) is 0 Å². The van der Waals surface area contributed by atoms with E-state index in [4.69, 9.17) is 21.6 Å². The maximum Gasteiger partial charge on any atom is 0.410 e. The van der Waals surface area contributed by atoms with Crippen molar-refractivity contribution in [2.75, 3.05) is 32.8 Å². The minimum Gasteiger partial charge on any atom is -0.444 e. The van der Waals surface area contributed by atoms with Gasteiger partial charge in [0.05, 0.1) is 0 Å². The number of amides is 1. The van der Waals surface area contributed by atoms with Gasteiger partial charge < -0.3 is 20.1 Å². The molecule has 2 N–H and O–H groups in total. The molecule has 5 nitrogen and oxygen atoms in total. The number of ether oxygens (including phenoxy) is 2. The van der Waals surface area contributed by atoms with E-state index in [9.17, 15) is 4.79 Å². The number of nitrogens with zero attached hydrogens (tertiary/aromatic N) is 1. The molecule has 0 aliphatic heterocycles. The lowest BCUT2D eigenvalue weighted by atomic mass is 10.2. The van der Waals surface area contributed by atoms with Gasteiger partial charge in [-0.2, -0.15) is 0 Å². The number of hydrogen-bond acceptors (Lipinski definition) is 4. The fraction of sp³-hybridized carbons (Fsp3) is 0.800. The molecule has 20 heavy (non-hydrogen) atoms. The van der Waals surface area contributed by atoms with Crippen LogP contribution in [0.4, 0.5) is 4.79 Å². The Balaban J connectivity index is 4.08. The van der Waals surface area contributed by atoms with Crippen LogP contribution in [0.25, 0.3) is 0 Å². The van der Waals surface area contributed by atoms with Gasteiger partial charge in [0.2, 0.25) is 0 Å². The lowest BCUT2D eigenvalue weighted by Gasteiger charge is -2.27. The van der Waals surface area contributed by atoms with Crippen LogP contribution < -0.4 is 5.73 Å². The minimum atomic E-state index is -0.497. The van der Waals surface area contributed by atoms with E-state index in [1.807, 2.05) is 20.8 Å². The third-order valence-electron chi connectivity index (χ3n) is 2.39. The summed E-state index contributed by atoms with van der Waals surface area (Å²) in [6.07, 6.45) is 7.06. The van der Waals surface area contributed by atoms with E-state index in [2.05, 4.69) is 5.92 Å². The van der Waals surface area contributed by atoms with Gasteiger partial charge in [0.1, 0.15) is 5.60 Å². The molecular weight excluding hydrogens is 256 g/mol. The van der Waals surface area contributed by atoms with Crippen LogP contribution in [0.3, 0.4) is 0 Å². The predicted molar refractivity (Wildman–Crippen MR) is 80.4 cm³/mol. The van der Waals surface area contributed by atoms with Crippen LogP contribution in [-0.2, 0) is 9.47 Å². The Kier molecular flexibility index (Phi) is 9.87. The third kappa shape index (κ3) is 10.7. The molecule has 0 saturated heterocycles. The summed E-state index contributed by atoms with van der Waals surface area (Å²) in [7, 11) is 0. The van der Waals surface area contributed by atoms with Gasteiger partial charge in [-0.15, -0.1) is 12.3 Å². The highest BCUT2D eigenvalue weighted by molar-refractivity contribution is 5.68. The van der Waals surface area contributed by atoms with Crippen LogP contribution in [0.1, 0.15) is 40.0 Å². The largest absolute Gasteiger partial charge is 0.444 e. The molecule has 0 fully saturated rings. The molecule has 0 saturated carbocycles. The molecule has 1 amide bonds. The van der Waals surface area contributed by atoms with Gasteiger partial charge in [0, 0.05) is 32.7 Å². The van der Waals surface area contributed by atoms with E-state index < -0.39 is 5.60 Å². The molecule has 0 aromatic rings. The molecule has 0 radical (unpaired) electrons. The maximum atomic E-state index is 12.0. The second-order valence-electron chi connectivity index (χ2n) is 5.53. The van der Waals surface area contributed by atoms with E-state index >= 15 is 0 Å². The minimum absolute atomic E-state index is 0.324. The van der Waals surface area contributed by atoms with Gasteiger partial charge in [-0.1, -0.05) is 0 Å². The summed E-state index contributed by atoms with van der Waals surface area (Å²) in [6, 6.07) is 0. The highest BCUT2D eigenvalue weighted by Gasteiger charge is 2.21. The van der Waals surface area contributed by atoms with Gasteiger partial charge in [0.15, 0.2) is 0 Å². The normalized spacial score (nSPS) is 10.9. The van der Waals surface area contributed by atoms with Crippen molar-refractivity contribution >= 4 is 6.09 Å². The Bertz CT molecular complexity index is 305. The molecule has 0 rings (SSSR count). The predicted octanol–water partition coefficient (Wildman–Crippen LogP) is 2.00. The highest BCUT2D eigenvalue weighted by atomic mass is 16.6. The molecule has 5 heteroatoms. The summed E-state index contributed by atoms with van der Waals surface area (Å²) in [6.45, 7) is 8.53. The molecule has 0 unspecified atom stereocenters. The topological polar surface area (TPSA) is 64.8 Å². The van der Waals surface area contributed by atoms with Crippen LogP contribution in [-0.4, -0.2) is 49.4 Å². The first-order valence-electron chi connectivity index (χ1n) is 7.10. The zero-order valence-corrected chi connectivity index (χ0v) is 13.0. The molecule has 0 aliphatic carbocycles. The molecule has 0 aromatic heterocycles. The molecule has 0 aromatic carbocycles. The van der Waals surface area contributed by atoms with Gasteiger partial charge in [-0.3, -0.25) is 0 Å². The van der Waals surface area contributed by atoms with Gasteiger partial charge in [-0.05, 0) is 40.2 Å². The first kappa shape index (κ1) is 18.8.